The molecule has 1 aromatic rings. The number of rotatable bonds is 6. The fourth-order valence-electron chi connectivity index (χ4n) is 3.86. The zero-order valence-corrected chi connectivity index (χ0v) is 16.5. The number of nitrogens with zero attached hydrogens (tertiary/aromatic N) is 1. The van der Waals surface area contributed by atoms with Gasteiger partial charge in [-0.15, -0.1) is 0 Å². The summed E-state index contributed by atoms with van der Waals surface area (Å²) in [4.78, 5) is 50.7. The van der Waals surface area contributed by atoms with Crippen LogP contribution in [0.15, 0.2) is 18.2 Å². The van der Waals surface area contributed by atoms with Crippen molar-refractivity contribution in [3.8, 4) is 5.75 Å². The Hall–Kier alpha value is -2.41. The van der Waals surface area contributed by atoms with Gasteiger partial charge in [0.15, 0.2) is 12.4 Å². The fraction of sp³-hybridized carbons (Fsp3) is 0.500. The fourth-order valence-corrected chi connectivity index (χ4v) is 4.11. The van der Waals surface area contributed by atoms with Crippen LogP contribution < -0.4 is 4.74 Å². The molecule has 0 aromatic heterocycles. The van der Waals surface area contributed by atoms with Crippen LogP contribution in [0.2, 0.25) is 5.02 Å². The third-order valence-corrected chi connectivity index (χ3v) is 5.72. The molecular formula is C20H22ClNO6. The van der Waals surface area contributed by atoms with E-state index in [0.717, 1.165) is 17.7 Å². The Balaban J connectivity index is 1.61. The summed E-state index contributed by atoms with van der Waals surface area (Å²) >= 11 is 6.00. The first kappa shape index (κ1) is 20.3. The zero-order chi connectivity index (χ0) is 20.4. The highest BCUT2D eigenvalue weighted by atomic mass is 35.5. The van der Waals surface area contributed by atoms with Crippen molar-refractivity contribution in [3.63, 3.8) is 0 Å². The van der Waals surface area contributed by atoms with E-state index in [1.807, 2.05) is 0 Å². The van der Waals surface area contributed by atoms with E-state index in [4.69, 9.17) is 21.1 Å². The maximum absolute atomic E-state index is 12.6. The van der Waals surface area contributed by atoms with Gasteiger partial charge in [-0.2, -0.15) is 0 Å². The van der Waals surface area contributed by atoms with Crippen LogP contribution in [0.25, 0.3) is 0 Å². The first-order valence-electron chi connectivity index (χ1n) is 9.25. The second-order valence-corrected chi connectivity index (χ2v) is 7.51. The number of ketones is 1. The molecule has 1 saturated heterocycles. The highest BCUT2D eigenvalue weighted by molar-refractivity contribution is 6.32. The third-order valence-electron chi connectivity index (χ3n) is 5.42. The largest absolute Gasteiger partial charge is 0.495 e. The molecular weight excluding hydrogens is 386 g/mol. The Morgan fingerprint density at radius 1 is 1.18 bits per heavy atom. The average molecular weight is 408 g/mol. The Morgan fingerprint density at radius 3 is 2.32 bits per heavy atom. The minimum atomic E-state index is -1.06. The van der Waals surface area contributed by atoms with Gasteiger partial charge in [-0.05, 0) is 38.0 Å². The smallest absolute Gasteiger partial charge is 0.329 e. The first-order chi connectivity index (χ1) is 13.3. The predicted molar refractivity (Wildman–Crippen MR) is 100 cm³/mol. The molecule has 7 nitrogen and oxygen atoms in total. The summed E-state index contributed by atoms with van der Waals surface area (Å²) in [6.07, 6.45) is 3.16. The molecule has 1 aliphatic heterocycles. The Labute approximate surface area is 167 Å². The summed E-state index contributed by atoms with van der Waals surface area (Å²) in [5.41, 5.74) is 0.269. The lowest BCUT2D eigenvalue weighted by molar-refractivity contribution is -0.157. The molecule has 0 unspecified atom stereocenters. The van der Waals surface area contributed by atoms with Crippen molar-refractivity contribution in [2.45, 2.75) is 38.6 Å². The van der Waals surface area contributed by atoms with Gasteiger partial charge in [0.25, 0.3) is 0 Å². The van der Waals surface area contributed by atoms with Gasteiger partial charge in [-0.1, -0.05) is 24.4 Å². The van der Waals surface area contributed by atoms with Crippen molar-refractivity contribution in [2.24, 2.45) is 11.8 Å². The molecule has 2 aliphatic rings. The molecule has 1 aromatic carbocycles. The zero-order valence-electron chi connectivity index (χ0n) is 15.8. The quantitative estimate of drug-likeness (QED) is 0.409. The van der Waals surface area contributed by atoms with Gasteiger partial charge in [0.05, 0.1) is 24.0 Å². The molecule has 1 aliphatic carbocycles. The van der Waals surface area contributed by atoms with E-state index in [-0.39, 0.29) is 34.2 Å². The number of hydrogen-bond donors (Lipinski definition) is 0. The van der Waals surface area contributed by atoms with Crippen molar-refractivity contribution < 1.29 is 28.7 Å². The summed E-state index contributed by atoms with van der Waals surface area (Å²) in [7, 11) is 1.46. The van der Waals surface area contributed by atoms with E-state index in [9.17, 15) is 19.2 Å². The van der Waals surface area contributed by atoms with E-state index in [1.165, 1.54) is 26.2 Å². The molecule has 0 bridgehead atoms. The highest BCUT2D eigenvalue weighted by Crippen LogP contribution is 2.38. The third kappa shape index (κ3) is 3.76. The summed E-state index contributed by atoms with van der Waals surface area (Å²) in [5, 5.41) is 0.268. The van der Waals surface area contributed by atoms with Gasteiger partial charge in [-0.25, -0.2) is 4.79 Å². The van der Waals surface area contributed by atoms with Crippen molar-refractivity contribution >= 4 is 35.2 Å². The molecule has 28 heavy (non-hydrogen) atoms. The first-order valence-corrected chi connectivity index (χ1v) is 9.63. The normalized spacial score (nSPS) is 22.6. The minimum absolute atomic E-state index is 0.268. The Kier molecular flexibility index (Phi) is 6.03. The second kappa shape index (κ2) is 8.31. The molecule has 1 heterocycles. The summed E-state index contributed by atoms with van der Waals surface area (Å²) in [6, 6.07) is 3.43. The number of carbonyl (C=O) groups excluding carboxylic acids is 4. The number of ether oxygens (including phenoxy) is 2. The summed E-state index contributed by atoms with van der Waals surface area (Å²) in [5.74, 6) is -2.10. The molecule has 3 rings (SSSR count). The molecule has 3 atom stereocenters. The molecule has 0 spiro atoms. The van der Waals surface area contributed by atoms with E-state index in [1.54, 1.807) is 6.07 Å². The van der Waals surface area contributed by atoms with Gasteiger partial charge in [0.1, 0.15) is 11.8 Å². The molecule has 2 amide bonds. The van der Waals surface area contributed by atoms with Crippen molar-refractivity contribution in [1.29, 1.82) is 0 Å². The van der Waals surface area contributed by atoms with Crippen LogP contribution in [0.5, 0.6) is 5.75 Å². The van der Waals surface area contributed by atoms with Crippen LogP contribution in [0.4, 0.5) is 0 Å². The number of methoxy groups -OCH3 is 1. The van der Waals surface area contributed by atoms with Crippen LogP contribution in [0.3, 0.4) is 0 Å². The van der Waals surface area contributed by atoms with Gasteiger partial charge in [0, 0.05) is 5.56 Å². The number of benzene rings is 1. The monoisotopic (exact) mass is 407 g/mol. The number of carbonyl (C=O) groups is 4. The van der Waals surface area contributed by atoms with Crippen molar-refractivity contribution in [3.05, 3.63) is 28.8 Å². The van der Waals surface area contributed by atoms with Crippen LogP contribution in [0, 0.1) is 11.8 Å². The Morgan fingerprint density at radius 2 is 1.79 bits per heavy atom. The van der Waals surface area contributed by atoms with Gasteiger partial charge < -0.3 is 9.47 Å². The lowest BCUT2D eigenvalue weighted by Gasteiger charge is -2.21. The van der Waals surface area contributed by atoms with Gasteiger partial charge >= 0.3 is 5.97 Å². The molecule has 0 radical (unpaired) electrons. The van der Waals surface area contributed by atoms with Gasteiger partial charge in [-0.3, -0.25) is 19.3 Å². The molecule has 0 N–H and O–H groups in total. The predicted octanol–water partition coefficient (Wildman–Crippen LogP) is 2.64. The minimum Gasteiger partial charge on any atom is -0.495 e. The number of halogens is 1. The van der Waals surface area contributed by atoms with Crippen LogP contribution in [-0.2, 0) is 19.1 Å². The van der Waals surface area contributed by atoms with E-state index < -0.39 is 24.4 Å². The van der Waals surface area contributed by atoms with Gasteiger partial charge in [0.2, 0.25) is 11.8 Å². The van der Waals surface area contributed by atoms with E-state index in [2.05, 4.69) is 0 Å². The number of amides is 2. The second-order valence-electron chi connectivity index (χ2n) is 7.10. The van der Waals surface area contributed by atoms with Crippen LogP contribution >= 0.6 is 11.6 Å². The van der Waals surface area contributed by atoms with Crippen LogP contribution in [-0.4, -0.2) is 48.2 Å². The molecule has 150 valence electrons. The maximum atomic E-state index is 12.6. The van der Waals surface area contributed by atoms with E-state index >= 15 is 0 Å². The molecule has 1 saturated carbocycles. The topological polar surface area (TPSA) is 90.0 Å². The van der Waals surface area contributed by atoms with Crippen molar-refractivity contribution in [1.82, 2.24) is 4.90 Å². The summed E-state index contributed by atoms with van der Waals surface area (Å²) in [6.45, 7) is 0.944. The average Bonchev–Trinajstić information content (AvgIpc) is 2.96. The maximum Gasteiger partial charge on any atom is 0.329 e. The molecule has 8 heteroatoms. The van der Waals surface area contributed by atoms with Crippen molar-refractivity contribution in [2.75, 3.05) is 13.7 Å². The summed E-state index contributed by atoms with van der Waals surface area (Å²) < 4.78 is 10.1. The highest BCUT2D eigenvalue weighted by Gasteiger charge is 2.51. The standard InChI is InChI=1S/C20H22ClNO6/c1-11(22-18(24)13-5-3-4-6-14(13)19(22)25)20(26)28-10-16(23)12-7-8-17(27-2)15(21)9-12/h7-9,11,13-14H,3-6,10H2,1-2H3/t11-,13-,14-/m0/s1. The van der Waals surface area contributed by atoms with E-state index in [0.29, 0.717) is 18.6 Å². The number of esters is 1. The lowest BCUT2D eigenvalue weighted by atomic mass is 9.81. The number of Topliss-reactive ketones (excluding diaryl/α,β-unsaturated/α-hetero) is 1. The Bertz CT molecular complexity index is 799. The van der Waals surface area contributed by atoms with Crippen LogP contribution in [0.1, 0.15) is 43.0 Å². The SMILES string of the molecule is COc1ccc(C(=O)COC(=O)[C@H](C)N2C(=O)[C@H]3CCCC[C@@H]3C2=O)cc1Cl. The molecule has 2 fully saturated rings. The lowest BCUT2D eigenvalue weighted by Crippen LogP contribution is -2.44. The number of imide groups is 1. The number of likely N-dealkylation sites (tertiary alicyclic amines) is 1. The number of fused-ring (bicyclic) bond motifs is 1. The number of hydrogen-bond acceptors (Lipinski definition) is 6.